The molecule has 0 aliphatic carbocycles. The van der Waals surface area contributed by atoms with E-state index in [0.29, 0.717) is 6.54 Å². The van der Waals surface area contributed by atoms with Gasteiger partial charge in [-0.15, -0.1) is 11.3 Å². The second-order valence-electron chi connectivity index (χ2n) is 3.12. The zero-order chi connectivity index (χ0) is 9.26. The topological polar surface area (TPSA) is 38.9 Å². The van der Waals surface area contributed by atoms with Gasteiger partial charge in [0.2, 0.25) is 0 Å². The molecule has 0 unspecified atom stereocenters. The van der Waals surface area contributed by atoms with Crippen LogP contribution in [0.15, 0.2) is 18.2 Å². The van der Waals surface area contributed by atoms with E-state index < -0.39 is 0 Å². The first-order valence-corrected chi connectivity index (χ1v) is 5.17. The summed E-state index contributed by atoms with van der Waals surface area (Å²) < 4.78 is 1.26. The summed E-state index contributed by atoms with van der Waals surface area (Å²) in [5.41, 5.74) is 7.85. The summed E-state index contributed by atoms with van der Waals surface area (Å²) in [6.07, 6.45) is 0.887. The highest BCUT2D eigenvalue weighted by Crippen LogP contribution is 2.22. The monoisotopic (exact) mass is 192 g/mol. The van der Waals surface area contributed by atoms with E-state index in [1.807, 2.05) is 0 Å². The number of aromatic nitrogens is 1. The average molecular weight is 192 g/mol. The molecule has 1 aromatic carbocycles. The van der Waals surface area contributed by atoms with E-state index in [1.54, 1.807) is 11.3 Å². The SMILES string of the molecule is Cc1ccc2sc(CCN)nc2c1. The van der Waals surface area contributed by atoms with Gasteiger partial charge < -0.3 is 5.73 Å². The van der Waals surface area contributed by atoms with Gasteiger partial charge in [0.25, 0.3) is 0 Å². The molecule has 3 heteroatoms. The van der Waals surface area contributed by atoms with Crippen LogP contribution in [0.2, 0.25) is 0 Å². The molecule has 1 heterocycles. The van der Waals surface area contributed by atoms with Crippen LogP contribution in [0.25, 0.3) is 10.2 Å². The maximum atomic E-state index is 5.48. The molecule has 2 rings (SSSR count). The van der Waals surface area contributed by atoms with E-state index >= 15 is 0 Å². The second kappa shape index (κ2) is 3.44. The van der Waals surface area contributed by atoms with Crippen molar-refractivity contribution < 1.29 is 0 Å². The number of aryl methyl sites for hydroxylation is 1. The molecule has 13 heavy (non-hydrogen) atoms. The third kappa shape index (κ3) is 1.71. The van der Waals surface area contributed by atoms with E-state index in [1.165, 1.54) is 10.3 Å². The first kappa shape index (κ1) is 8.66. The molecule has 0 saturated carbocycles. The molecule has 0 aliphatic rings. The van der Waals surface area contributed by atoms with Crippen LogP contribution in [0.4, 0.5) is 0 Å². The number of hydrogen-bond acceptors (Lipinski definition) is 3. The van der Waals surface area contributed by atoms with Gasteiger partial charge in [0.15, 0.2) is 0 Å². The number of benzene rings is 1. The maximum Gasteiger partial charge on any atom is 0.0951 e. The molecule has 0 amide bonds. The van der Waals surface area contributed by atoms with Crippen molar-refractivity contribution in [3.8, 4) is 0 Å². The van der Waals surface area contributed by atoms with Crippen molar-refractivity contribution in [3.05, 3.63) is 28.8 Å². The molecule has 0 radical (unpaired) electrons. The second-order valence-corrected chi connectivity index (χ2v) is 4.23. The first-order valence-electron chi connectivity index (χ1n) is 4.36. The lowest BCUT2D eigenvalue weighted by Crippen LogP contribution is -2.01. The number of fused-ring (bicyclic) bond motifs is 1. The summed E-state index contributed by atoms with van der Waals surface area (Å²) in [4.78, 5) is 4.50. The van der Waals surface area contributed by atoms with Gasteiger partial charge in [-0.05, 0) is 31.2 Å². The van der Waals surface area contributed by atoms with Crippen LogP contribution >= 0.6 is 11.3 Å². The summed E-state index contributed by atoms with van der Waals surface area (Å²) in [6, 6.07) is 6.36. The molecule has 68 valence electrons. The highest BCUT2D eigenvalue weighted by molar-refractivity contribution is 7.18. The van der Waals surface area contributed by atoms with E-state index in [2.05, 4.69) is 30.1 Å². The Labute approximate surface area is 81.4 Å². The third-order valence-corrected chi connectivity index (χ3v) is 3.04. The minimum atomic E-state index is 0.679. The summed E-state index contributed by atoms with van der Waals surface area (Å²) in [5.74, 6) is 0. The minimum absolute atomic E-state index is 0.679. The molecule has 0 aliphatic heterocycles. The number of nitrogens with zero attached hydrogens (tertiary/aromatic N) is 1. The van der Waals surface area contributed by atoms with Crippen LogP contribution in [0.1, 0.15) is 10.6 Å². The lowest BCUT2D eigenvalue weighted by Gasteiger charge is -1.88. The van der Waals surface area contributed by atoms with Gasteiger partial charge in [0.05, 0.1) is 15.2 Å². The first-order chi connectivity index (χ1) is 6.29. The number of thiazole rings is 1. The van der Waals surface area contributed by atoms with Gasteiger partial charge in [0, 0.05) is 6.42 Å². The van der Waals surface area contributed by atoms with Crippen molar-refractivity contribution in [2.45, 2.75) is 13.3 Å². The minimum Gasteiger partial charge on any atom is -0.330 e. The Morgan fingerprint density at radius 3 is 3.08 bits per heavy atom. The third-order valence-electron chi connectivity index (χ3n) is 1.95. The molecular weight excluding hydrogens is 180 g/mol. The van der Waals surface area contributed by atoms with E-state index in [0.717, 1.165) is 16.9 Å². The van der Waals surface area contributed by atoms with Gasteiger partial charge in [-0.25, -0.2) is 4.98 Å². The van der Waals surface area contributed by atoms with Crippen LogP contribution in [-0.4, -0.2) is 11.5 Å². The summed E-state index contributed by atoms with van der Waals surface area (Å²) in [7, 11) is 0. The Bertz CT molecular complexity index is 420. The average Bonchev–Trinajstić information content (AvgIpc) is 2.46. The maximum absolute atomic E-state index is 5.48. The van der Waals surface area contributed by atoms with Gasteiger partial charge >= 0.3 is 0 Å². The van der Waals surface area contributed by atoms with Gasteiger partial charge in [-0.3, -0.25) is 0 Å². The van der Waals surface area contributed by atoms with Crippen LogP contribution in [-0.2, 0) is 6.42 Å². The van der Waals surface area contributed by atoms with E-state index in [9.17, 15) is 0 Å². The lowest BCUT2D eigenvalue weighted by atomic mass is 10.2. The van der Waals surface area contributed by atoms with Crippen molar-refractivity contribution in [1.82, 2.24) is 4.98 Å². The standard InChI is InChI=1S/C10H12N2S/c1-7-2-3-9-8(6-7)12-10(13-9)4-5-11/h2-3,6H,4-5,11H2,1H3. The predicted molar refractivity (Wildman–Crippen MR) is 57.1 cm³/mol. The largest absolute Gasteiger partial charge is 0.330 e. The predicted octanol–water partition coefficient (Wildman–Crippen LogP) is 2.11. The van der Waals surface area contributed by atoms with Crippen LogP contribution in [0, 0.1) is 6.92 Å². The molecule has 2 N–H and O–H groups in total. The Morgan fingerprint density at radius 1 is 1.46 bits per heavy atom. The molecule has 0 spiro atoms. The van der Waals surface area contributed by atoms with Crippen LogP contribution in [0.3, 0.4) is 0 Å². The molecule has 2 nitrogen and oxygen atoms in total. The normalized spacial score (nSPS) is 10.9. The van der Waals surface area contributed by atoms with Gasteiger partial charge in [-0.2, -0.15) is 0 Å². The highest BCUT2D eigenvalue weighted by Gasteiger charge is 2.02. The fourth-order valence-corrected chi connectivity index (χ4v) is 2.28. The van der Waals surface area contributed by atoms with Gasteiger partial charge in [-0.1, -0.05) is 6.07 Å². The zero-order valence-corrected chi connectivity index (χ0v) is 8.40. The fourth-order valence-electron chi connectivity index (χ4n) is 1.32. The molecule has 0 saturated heterocycles. The van der Waals surface area contributed by atoms with Crippen molar-refractivity contribution in [2.75, 3.05) is 6.54 Å². The molecule has 0 bridgehead atoms. The van der Waals surface area contributed by atoms with Crippen molar-refractivity contribution in [3.63, 3.8) is 0 Å². The lowest BCUT2D eigenvalue weighted by molar-refractivity contribution is 0.958. The summed E-state index contributed by atoms with van der Waals surface area (Å²) >= 11 is 1.74. The Hall–Kier alpha value is -0.930. The molecule has 0 fully saturated rings. The number of hydrogen-bond donors (Lipinski definition) is 1. The van der Waals surface area contributed by atoms with Crippen molar-refractivity contribution in [1.29, 1.82) is 0 Å². The van der Waals surface area contributed by atoms with E-state index in [-0.39, 0.29) is 0 Å². The molecule has 2 aromatic rings. The van der Waals surface area contributed by atoms with Gasteiger partial charge in [0.1, 0.15) is 0 Å². The molecular formula is C10H12N2S. The number of rotatable bonds is 2. The Kier molecular flexibility index (Phi) is 2.29. The van der Waals surface area contributed by atoms with Crippen molar-refractivity contribution >= 4 is 21.6 Å². The number of nitrogens with two attached hydrogens (primary N) is 1. The van der Waals surface area contributed by atoms with Crippen molar-refractivity contribution in [2.24, 2.45) is 5.73 Å². The molecule has 0 atom stereocenters. The quantitative estimate of drug-likeness (QED) is 0.791. The smallest absolute Gasteiger partial charge is 0.0951 e. The Morgan fingerprint density at radius 2 is 2.31 bits per heavy atom. The highest BCUT2D eigenvalue weighted by atomic mass is 32.1. The zero-order valence-electron chi connectivity index (χ0n) is 7.58. The summed E-state index contributed by atoms with van der Waals surface area (Å²) in [6.45, 7) is 2.76. The van der Waals surface area contributed by atoms with Crippen LogP contribution in [0.5, 0.6) is 0 Å². The van der Waals surface area contributed by atoms with E-state index in [4.69, 9.17) is 5.73 Å². The Balaban J connectivity index is 2.49. The molecule has 1 aromatic heterocycles. The fraction of sp³-hybridized carbons (Fsp3) is 0.300. The summed E-state index contributed by atoms with van der Waals surface area (Å²) in [5, 5.41) is 1.14. The van der Waals surface area contributed by atoms with Crippen LogP contribution < -0.4 is 5.73 Å².